The van der Waals surface area contributed by atoms with E-state index in [-0.39, 0.29) is 24.8 Å². The van der Waals surface area contributed by atoms with Crippen LogP contribution >= 0.6 is 40.7 Å². The minimum absolute atomic E-state index is 0. The Balaban J connectivity index is 0. The third-order valence-electron chi connectivity index (χ3n) is 1.53. The minimum atomic E-state index is -1.00. The van der Waals surface area contributed by atoms with Crippen LogP contribution in [0.3, 0.4) is 0 Å². The summed E-state index contributed by atoms with van der Waals surface area (Å²) in [5.74, 6) is -1.00. The second-order valence-electron chi connectivity index (χ2n) is 2.66. The third kappa shape index (κ3) is 5.94. The molecule has 0 bridgehead atoms. The van der Waals surface area contributed by atoms with Crippen LogP contribution in [0.15, 0.2) is 22.9 Å². The van der Waals surface area contributed by atoms with Gasteiger partial charge in [-0.2, -0.15) is 0 Å². The molecule has 1 aromatic rings. The lowest BCUT2D eigenvalue weighted by atomic mass is 10.1. The zero-order valence-electron chi connectivity index (χ0n) is 7.59. The SMILES string of the molecule is Cl.Cl.NC(Cc1cncc(Br)c1)C(=O)O. The normalized spacial score (nSPS) is 10.8. The van der Waals surface area contributed by atoms with Crippen molar-refractivity contribution in [1.82, 2.24) is 4.98 Å². The number of hydrogen-bond acceptors (Lipinski definition) is 3. The molecule has 0 aliphatic heterocycles. The molecule has 0 fully saturated rings. The molecular weight excluding hydrogens is 307 g/mol. The molecule has 1 aromatic heterocycles. The molecule has 3 N–H and O–H groups in total. The predicted molar refractivity (Wildman–Crippen MR) is 65.7 cm³/mol. The highest BCUT2D eigenvalue weighted by atomic mass is 79.9. The summed E-state index contributed by atoms with van der Waals surface area (Å²) in [6, 6.07) is 0.937. The molecule has 1 atom stereocenters. The molecule has 0 aromatic carbocycles. The molecule has 0 saturated heterocycles. The Morgan fingerprint density at radius 2 is 2.13 bits per heavy atom. The van der Waals surface area contributed by atoms with E-state index in [1.54, 1.807) is 18.5 Å². The molecule has 1 heterocycles. The Kier molecular flexibility index (Phi) is 8.95. The van der Waals surface area contributed by atoms with Gasteiger partial charge in [-0.25, -0.2) is 0 Å². The van der Waals surface area contributed by atoms with Crippen LogP contribution in [0.1, 0.15) is 5.56 Å². The van der Waals surface area contributed by atoms with Gasteiger partial charge in [0.2, 0.25) is 0 Å². The van der Waals surface area contributed by atoms with Gasteiger partial charge in [0.15, 0.2) is 0 Å². The molecule has 0 amide bonds. The lowest BCUT2D eigenvalue weighted by molar-refractivity contribution is -0.138. The number of aliphatic carboxylic acids is 1. The van der Waals surface area contributed by atoms with Crippen molar-refractivity contribution in [3.05, 3.63) is 28.5 Å². The highest BCUT2D eigenvalue weighted by Gasteiger charge is 2.11. The molecule has 4 nitrogen and oxygen atoms in total. The number of carboxylic acid groups (broad SMARTS) is 1. The Morgan fingerprint density at radius 1 is 1.53 bits per heavy atom. The van der Waals surface area contributed by atoms with Crippen LogP contribution in [-0.2, 0) is 11.2 Å². The quantitative estimate of drug-likeness (QED) is 0.888. The van der Waals surface area contributed by atoms with Crippen LogP contribution in [0.4, 0.5) is 0 Å². The van der Waals surface area contributed by atoms with Crippen molar-refractivity contribution in [2.75, 3.05) is 0 Å². The van der Waals surface area contributed by atoms with Gasteiger partial charge in [0.25, 0.3) is 0 Å². The second-order valence-corrected chi connectivity index (χ2v) is 3.58. The summed E-state index contributed by atoms with van der Waals surface area (Å²) in [5, 5.41) is 8.56. The fraction of sp³-hybridized carbons (Fsp3) is 0.250. The Hall–Kier alpha value is -0.360. The van der Waals surface area contributed by atoms with Crippen molar-refractivity contribution in [2.24, 2.45) is 5.73 Å². The monoisotopic (exact) mass is 316 g/mol. The lowest BCUT2D eigenvalue weighted by Gasteiger charge is -2.05. The van der Waals surface area contributed by atoms with Crippen molar-refractivity contribution in [3.63, 3.8) is 0 Å². The number of carboxylic acids is 1. The predicted octanol–water partition coefficient (Wildman–Crippen LogP) is 1.64. The number of hydrogen-bond donors (Lipinski definition) is 2. The maximum Gasteiger partial charge on any atom is 0.320 e. The fourth-order valence-corrected chi connectivity index (χ4v) is 1.32. The van der Waals surface area contributed by atoms with Crippen LogP contribution in [-0.4, -0.2) is 22.1 Å². The van der Waals surface area contributed by atoms with Crippen molar-refractivity contribution in [2.45, 2.75) is 12.5 Å². The lowest BCUT2D eigenvalue weighted by Crippen LogP contribution is -2.32. The first-order chi connectivity index (χ1) is 6.09. The van der Waals surface area contributed by atoms with Gasteiger partial charge in [-0.3, -0.25) is 9.78 Å². The number of pyridine rings is 1. The van der Waals surface area contributed by atoms with E-state index in [1.165, 1.54) is 0 Å². The second kappa shape index (κ2) is 7.87. The standard InChI is InChI=1S/C8H9BrN2O2.2ClH/c9-6-1-5(3-11-4-6)2-7(10)8(12)13;;/h1,3-4,7H,2,10H2,(H,12,13);2*1H. The molecule has 7 heteroatoms. The smallest absolute Gasteiger partial charge is 0.320 e. The topological polar surface area (TPSA) is 76.2 Å². The maximum absolute atomic E-state index is 10.4. The van der Waals surface area contributed by atoms with Crippen LogP contribution in [0, 0.1) is 0 Å². The van der Waals surface area contributed by atoms with Crippen molar-refractivity contribution >= 4 is 46.7 Å². The number of rotatable bonds is 3. The Morgan fingerprint density at radius 3 is 2.60 bits per heavy atom. The number of halogens is 3. The molecule has 15 heavy (non-hydrogen) atoms. The number of nitrogens with two attached hydrogens (primary N) is 1. The van der Waals surface area contributed by atoms with Crippen molar-refractivity contribution in [3.8, 4) is 0 Å². The van der Waals surface area contributed by atoms with Gasteiger partial charge in [-0.1, -0.05) is 0 Å². The van der Waals surface area contributed by atoms with Gasteiger partial charge in [-0.15, -0.1) is 24.8 Å². The summed E-state index contributed by atoms with van der Waals surface area (Å²) in [6.45, 7) is 0. The van der Waals surface area contributed by atoms with Crippen LogP contribution in [0.25, 0.3) is 0 Å². The number of carbonyl (C=O) groups is 1. The fourth-order valence-electron chi connectivity index (χ4n) is 0.909. The van der Waals surface area contributed by atoms with Gasteiger partial charge >= 0.3 is 5.97 Å². The van der Waals surface area contributed by atoms with E-state index in [2.05, 4.69) is 20.9 Å². The average molecular weight is 318 g/mol. The zero-order valence-corrected chi connectivity index (χ0v) is 10.8. The van der Waals surface area contributed by atoms with E-state index >= 15 is 0 Å². The summed E-state index contributed by atoms with van der Waals surface area (Å²) in [7, 11) is 0. The largest absolute Gasteiger partial charge is 0.480 e. The third-order valence-corrected chi connectivity index (χ3v) is 1.97. The molecule has 0 aliphatic carbocycles. The van der Waals surface area contributed by atoms with E-state index < -0.39 is 12.0 Å². The molecule has 86 valence electrons. The number of nitrogens with zero attached hydrogens (tertiary/aromatic N) is 1. The highest BCUT2D eigenvalue weighted by molar-refractivity contribution is 9.10. The maximum atomic E-state index is 10.4. The first-order valence-electron chi connectivity index (χ1n) is 3.67. The van der Waals surface area contributed by atoms with Crippen LogP contribution < -0.4 is 5.73 Å². The summed E-state index contributed by atoms with van der Waals surface area (Å²) >= 11 is 3.24. The Bertz CT molecular complexity index is 325. The van der Waals surface area contributed by atoms with Crippen LogP contribution in [0.5, 0.6) is 0 Å². The highest BCUT2D eigenvalue weighted by Crippen LogP contribution is 2.10. The van der Waals surface area contributed by atoms with Gasteiger partial charge in [0, 0.05) is 16.9 Å². The van der Waals surface area contributed by atoms with Gasteiger partial charge in [0.1, 0.15) is 6.04 Å². The average Bonchev–Trinajstić information content (AvgIpc) is 2.04. The van der Waals surface area contributed by atoms with E-state index in [1.807, 2.05) is 0 Å². The summed E-state index contributed by atoms with van der Waals surface area (Å²) in [5.41, 5.74) is 6.17. The molecule has 0 radical (unpaired) electrons. The number of aromatic nitrogens is 1. The summed E-state index contributed by atoms with van der Waals surface area (Å²) in [6.07, 6.45) is 3.53. The van der Waals surface area contributed by atoms with Gasteiger partial charge in [0.05, 0.1) is 0 Å². The van der Waals surface area contributed by atoms with Gasteiger partial charge < -0.3 is 10.8 Å². The molecule has 1 unspecified atom stereocenters. The molecule has 0 aliphatic rings. The van der Waals surface area contributed by atoms with Crippen LogP contribution in [0.2, 0.25) is 0 Å². The molecule has 0 saturated carbocycles. The van der Waals surface area contributed by atoms with Crippen molar-refractivity contribution in [1.29, 1.82) is 0 Å². The first-order valence-corrected chi connectivity index (χ1v) is 4.46. The Labute approximate surface area is 108 Å². The van der Waals surface area contributed by atoms with E-state index in [0.29, 0.717) is 6.42 Å². The van der Waals surface area contributed by atoms with Gasteiger partial charge in [-0.05, 0) is 34.0 Å². The molecule has 1 rings (SSSR count). The van der Waals surface area contributed by atoms with E-state index in [9.17, 15) is 4.79 Å². The van der Waals surface area contributed by atoms with Crippen molar-refractivity contribution < 1.29 is 9.90 Å². The summed E-state index contributed by atoms with van der Waals surface area (Å²) < 4.78 is 0.822. The van der Waals surface area contributed by atoms with E-state index in [0.717, 1.165) is 10.0 Å². The summed E-state index contributed by atoms with van der Waals surface area (Å²) in [4.78, 5) is 14.3. The van der Waals surface area contributed by atoms with E-state index in [4.69, 9.17) is 10.8 Å². The molecule has 0 spiro atoms. The zero-order chi connectivity index (χ0) is 9.84. The molecular formula is C8H11BrCl2N2O2. The first kappa shape index (κ1) is 17.0. The minimum Gasteiger partial charge on any atom is -0.480 e.